The minimum Gasteiger partial charge on any atom is -0.450 e. The van der Waals surface area contributed by atoms with Gasteiger partial charge in [-0.05, 0) is 38.0 Å². The molecule has 1 saturated heterocycles. The summed E-state index contributed by atoms with van der Waals surface area (Å²) >= 11 is 0. The van der Waals surface area contributed by atoms with Crippen LogP contribution >= 0.6 is 0 Å². The van der Waals surface area contributed by atoms with Crippen molar-refractivity contribution < 1.29 is 9.53 Å². The van der Waals surface area contributed by atoms with Gasteiger partial charge in [-0.3, -0.25) is 0 Å². The van der Waals surface area contributed by atoms with Gasteiger partial charge in [0.1, 0.15) is 0 Å². The molecular formula is C17H32N2O2. The third-order valence-electron chi connectivity index (χ3n) is 5.03. The molecular weight excluding hydrogens is 264 g/mol. The van der Waals surface area contributed by atoms with Crippen LogP contribution in [-0.4, -0.2) is 42.8 Å². The second-order valence-electron chi connectivity index (χ2n) is 7.04. The molecule has 1 amide bonds. The molecule has 2 atom stereocenters. The second kappa shape index (κ2) is 8.02. The van der Waals surface area contributed by atoms with E-state index >= 15 is 0 Å². The van der Waals surface area contributed by atoms with Crippen LogP contribution in [0.4, 0.5) is 4.79 Å². The van der Waals surface area contributed by atoms with E-state index in [-0.39, 0.29) is 6.09 Å². The zero-order valence-corrected chi connectivity index (χ0v) is 13.9. The lowest BCUT2D eigenvalue weighted by Gasteiger charge is -2.41. The van der Waals surface area contributed by atoms with E-state index in [1.807, 2.05) is 11.8 Å². The molecule has 0 aromatic rings. The average Bonchev–Trinajstić information content (AvgIpc) is 2.48. The van der Waals surface area contributed by atoms with Crippen molar-refractivity contribution in [2.75, 3.05) is 19.7 Å². The number of nitrogens with one attached hydrogen (secondary N) is 1. The number of ether oxygens (including phenoxy) is 1. The standard InChI is InChI=1S/C17H32N2O2/c1-4-21-17(20)19-11-14(13(2)3)10-16(12-19)18-15-8-6-5-7-9-15/h13-16,18H,4-12H2,1-3H3. The highest BCUT2D eigenvalue weighted by Gasteiger charge is 2.33. The van der Waals surface area contributed by atoms with E-state index in [1.165, 1.54) is 38.5 Å². The van der Waals surface area contributed by atoms with Gasteiger partial charge in [0.05, 0.1) is 6.61 Å². The number of carbonyl (C=O) groups is 1. The lowest BCUT2D eigenvalue weighted by Crippen LogP contribution is -2.54. The van der Waals surface area contributed by atoms with Crippen LogP contribution < -0.4 is 5.32 Å². The maximum absolute atomic E-state index is 12.1. The molecule has 0 radical (unpaired) electrons. The normalized spacial score (nSPS) is 27.9. The largest absolute Gasteiger partial charge is 0.450 e. The van der Waals surface area contributed by atoms with Gasteiger partial charge in [0.2, 0.25) is 0 Å². The molecule has 4 nitrogen and oxygen atoms in total. The summed E-state index contributed by atoms with van der Waals surface area (Å²) in [6.45, 7) is 8.51. The van der Waals surface area contributed by atoms with Crippen LogP contribution in [0.2, 0.25) is 0 Å². The summed E-state index contributed by atoms with van der Waals surface area (Å²) < 4.78 is 5.21. The molecule has 0 aromatic heterocycles. The van der Waals surface area contributed by atoms with E-state index < -0.39 is 0 Å². The molecule has 0 bridgehead atoms. The number of hydrogen-bond donors (Lipinski definition) is 1. The Labute approximate surface area is 129 Å². The van der Waals surface area contributed by atoms with Crippen molar-refractivity contribution in [2.45, 2.75) is 71.4 Å². The zero-order chi connectivity index (χ0) is 15.2. The molecule has 2 aliphatic rings. The number of carbonyl (C=O) groups excluding carboxylic acids is 1. The summed E-state index contributed by atoms with van der Waals surface area (Å²) in [5.74, 6) is 1.18. The summed E-state index contributed by atoms with van der Waals surface area (Å²) in [5.41, 5.74) is 0. The molecule has 1 N–H and O–H groups in total. The molecule has 21 heavy (non-hydrogen) atoms. The van der Waals surface area contributed by atoms with Gasteiger partial charge in [0, 0.05) is 25.2 Å². The predicted molar refractivity (Wildman–Crippen MR) is 85.3 cm³/mol. The second-order valence-corrected chi connectivity index (χ2v) is 7.04. The highest BCUT2D eigenvalue weighted by Crippen LogP contribution is 2.26. The quantitative estimate of drug-likeness (QED) is 0.864. The van der Waals surface area contributed by atoms with Crippen molar-refractivity contribution >= 4 is 6.09 Å². The number of likely N-dealkylation sites (tertiary alicyclic amines) is 1. The van der Waals surface area contributed by atoms with Gasteiger partial charge >= 0.3 is 6.09 Å². The first-order chi connectivity index (χ1) is 10.1. The van der Waals surface area contributed by atoms with Gasteiger partial charge < -0.3 is 15.0 Å². The predicted octanol–water partition coefficient (Wildman–Crippen LogP) is 3.41. The lowest BCUT2D eigenvalue weighted by molar-refractivity contribution is 0.0674. The smallest absolute Gasteiger partial charge is 0.409 e. The van der Waals surface area contributed by atoms with Gasteiger partial charge in [-0.15, -0.1) is 0 Å². The number of rotatable bonds is 4. The highest BCUT2D eigenvalue weighted by molar-refractivity contribution is 5.67. The Morgan fingerprint density at radius 2 is 1.90 bits per heavy atom. The molecule has 1 heterocycles. The number of hydrogen-bond acceptors (Lipinski definition) is 3. The summed E-state index contributed by atoms with van der Waals surface area (Å²) in [4.78, 5) is 14.0. The van der Waals surface area contributed by atoms with Crippen LogP contribution in [0.1, 0.15) is 59.3 Å². The molecule has 0 spiro atoms. The third kappa shape index (κ3) is 4.87. The van der Waals surface area contributed by atoms with Crippen LogP contribution in [0.15, 0.2) is 0 Å². The molecule has 4 heteroatoms. The summed E-state index contributed by atoms with van der Waals surface area (Å²) in [5, 5.41) is 3.82. The first-order valence-electron chi connectivity index (χ1n) is 8.77. The van der Waals surface area contributed by atoms with Crippen LogP contribution in [0.25, 0.3) is 0 Å². The van der Waals surface area contributed by atoms with E-state index in [9.17, 15) is 4.79 Å². The van der Waals surface area contributed by atoms with E-state index in [2.05, 4.69) is 19.2 Å². The Balaban J connectivity index is 1.93. The van der Waals surface area contributed by atoms with E-state index in [0.717, 1.165) is 13.1 Å². The average molecular weight is 296 g/mol. The Hall–Kier alpha value is -0.770. The highest BCUT2D eigenvalue weighted by atomic mass is 16.6. The zero-order valence-electron chi connectivity index (χ0n) is 13.9. The fraction of sp³-hybridized carbons (Fsp3) is 0.941. The SMILES string of the molecule is CCOC(=O)N1CC(NC2CCCCC2)CC(C(C)C)C1. The molecule has 1 aliphatic carbocycles. The first kappa shape index (κ1) is 16.6. The number of nitrogens with zero attached hydrogens (tertiary/aromatic N) is 1. The Morgan fingerprint density at radius 3 is 2.52 bits per heavy atom. The van der Waals surface area contributed by atoms with Gasteiger partial charge in [-0.1, -0.05) is 33.1 Å². The van der Waals surface area contributed by atoms with Gasteiger partial charge in [-0.2, -0.15) is 0 Å². The topological polar surface area (TPSA) is 41.6 Å². The van der Waals surface area contributed by atoms with Crippen molar-refractivity contribution in [2.24, 2.45) is 11.8 Å². The van der Waals surface area contributed by atoms with Crippen LogP contribution in [0.3, 0.4) is 0 Å². The van der Waals surface area contributed by atoms with Crippen molar-refractivity contribution in [3.63, 3.8) is 0 Å². The molecule has 2 fully saturated rings. The first-order valence-corrected chi connectivity index (χ1v) is 8.77. The third-order valence-corrected chi connectivity index (χ3v) is 5.03. The van der Waals surface area contributed by atoms with Crippen LogP contribution in [0.5, 0.6) is 0 Å². The maximum Gasteiger partial charge on any atom is 0.409 e. The summed E-state index contributed by atoms with van der Waals surface area (Å²) in [7, 11) is 0. The molecule has 1 aliphatic heterocycles. The van der Waals surface area contributed by atoms with Gasteiger partial charge in [0.15, 0.2) is 0 Å². The summed E-state index contributed by atoms with van der Waals surface area (Å²) in [6.07, 6.45) is 7.71. The van der Waals surface area contributed by atoms with Gasteiger partial charge in [-0.25, -0.2) is 4.79 Å². The molecule has 122 valence electrons. The van der Waals surface area contributed by atoms with Crippen LogP contribution in [0, 0.1) is 11.8 Å². The minimum atomic E-state index is -0.140. The molecule has 2 rings (SSSR count). The fourth-order valence-corrected chi connectivity index (χ4v) is 3.71. The molecule has 0 aromatic carbocycles. The molecule has 2 unspecified atom stereocenters. The van der Waals surface area contributed by atoms with Crippen molar-refractivity contribution in [3.05, 3.63) is 0 Å². The van der Waals surface area contributed by atoms with Crippen molar-refractivity contribution in [1.82, 2.24) is 10.2 Å². The molecule has 1 saturated carbocycles. The van der Waals surface area contributed by atoms with E-state index in [0.29, 0.717) is 30.5 Å². The Morgan fingerprint density at radius 1 is 1.19 bits per heavy atom. The number of piperidine rings is 1. The van der Waals surface area contributed by atoms with Gasteiger partial charge in [0.25, 0.3) is 0 Å². The van der Waals surface area contributed by atoms with E-state index in [1.54, 1.807) is 0 Å². The van der Waals surface area contributed by atoms with Crippen molar-refractivity contribution in [1.29, 1.82) is 0 Å². The fourth-order valence-electron chi connectivity index (χ4n) is 3.71. The Bertz CT molecular complexity index is 327. The minimum absolute atomic E-state index is 0.140. The Kier molecular flexibility index (Phi) is 6.34. The van der Waals surface area contributed by atoms with Crippen molar-refractivity contribution in [3.8, 4) is 0 Å². The number of amides is 1. The monoisotopic (exact) mass is 296 g/mol. The lowest BCUT2D eigenvalue weighted by atomic mass is 9.84. The summed E-state index contributed by atoms with van der Waals surface area (Å²) in [6, 6.07) is 1.08. The van der Waals surface area contributed by atoms with E-state index in [4.69, 9.17) is 4.74 Å². The van der Waals surface area contributed by atoms with Crippen LogP contribution in [-0.2, 0) is 4.74 Å². The maximum atomic E-state index is 12.1.